The van der Waals surface area contributed by atoms with Crippen molar-refractivity contribution in [2.24, 2.45) is 0 Å². The van der Waals surface area contributed by atoms with E-state index in [1.165, 1.54) is 4.90 Å². The molecule has 1 aliphatic heterocycles. The molecule has 7 heteroatoms. The van der Waals surface area contributed by atoms with Crippen LogP contribution < -0.4 is 5.32 Å². The van der Waals surface area contributed by atoms with Gasteiger partial charge < -0.3 is 15.0 Å². The van der Waals surface area contributed by atoms with Gasteiger partial charge in [-0.25, -0.2) is 13.6 Å². The summed E-state index contributed by atoms with van der Waals surface area (Å²) in [5.74, 6) is -3.01. The first-order valence-corrected chi connectivity index (χ1v) is 6.27. The van der Waals surface area contributed by atoms with E-state index < -0.39 is 24.6 Å². The van der Waals surface area contributed by atoms with Crippen LogP contribution in [0.1, 0.15) is 11.1 Å². The monoisotopic (exact) mass is 285 g/mol. The fraction of sp³-hybridized carbons (Fsp3) is 0.538. The van der Waals surface area contributed by atoms with Crippen LogP contribution in [0.3, 0.4) is 0 Å². The molecule has 1 saturated heterocycles. The van der Waals surface area contributed by atoms with E-state index in [9.17, 15) is 13.6 Å². The zero-order chi connectivity index (χ0) is 14.8. The lowest BCUT2D eigenvalue weighted by atomic mass is 10.1. The molecular formula is C13H17F2N3O2. The number of nitrogens with one attached hydrogen (secondary N) is 1. The highest BCUT2D eigenvalue weighted by atomic mass is 19.3. The Labute approximate surface area is 115 Å². The quantitative estimate of drug-likeness (QED) is 0.917. The van der Waals surface area contributed by atoms with Crippen LogP contribution in [0.15, 0.2) is 18.5 Å². The first-order chi connectivity index (χ1) is 9.40. The molecule has 1 atom stereocenters. The van der Waals surface area contributed by atoms with Gasteiger partial charge in [-0.2, -0.15) is 0 Å². The van der Waals surface area contributed by atoms with E-state index >= 15 is 0 Å². The molecule has 2 heterocycles. The van der Waals surface area contributed by atoms with E-state index in [2.05, 4.69) is 10.3 Å². The maximum atomic E-state index is 13.4. The minimum Gasteiger partial charge on any atom is -0.373 e. The van der Waals surface area contributed by atoms with E-state index in [4.69, 9.17) is 4.74 Å². The van der Waals surface area contributed by atoms with E-state index in [-0.39, 0.29) is 6.61 Å². The largest absolute Gasteiger partial charge is 0.373 e. The summed E-state index contributed by atoms with van der Waals surface area (Å²) in [6.07, 6.45) is 3.33. The van der Waals surface area contributed by atoms with Crippen LogP contribution in [0.2, 0.25) is 0 Å². The highest BCUT2D eigenvalue weighted by molar-refractivity contribution is 5.74. The summed E-state index contributed by atoms with van der Waals surface area (Å²) in [6.45, 7) is 1.40. The third-order valence-electron chi connectivity index (χ3n) is 3.28. The lowest BCUT2D eigenvalue weighted by molar-refractivity contribution is -0.0222. The number of hydrogen-bond acceptors (Lipinski definition) is 3. The number of aromatic nitrogens is 1. The number of rotatable bonds is 3. The first kappa shape index (κ1) is 14.6. The number of pyridine rings is 1. The molecule has 2 rings (SSSR count). The van der Waals surface area contributed by atoms with Gasteiger partial charge in [-0.05, 0) is 24.1 Å². The van der Waals surface area contributed by atoms with Crippen molar-refractivity contribution in [2.75, 3.05) is 20.3 Å². The van der Waals surface area contributed by atoms with Gasteiger partial charge in [-0.3, -0.25) is 4.98 Å². The molecular weight excluding hydrogens is 268 g/mol. The van der Waals surface area contributed by atoms with Crippen LogP contribution in [-0.4, -0.2) is 48.1 Å². The summed E-state index contributed by atoms with van der Waals surface area (Å²) in [7, 11) is 1.56. The highest BCUT2D eigenvalue weighted by Crippen LogP contribution is 2.25. The summed E-state index contributed by atoms with van der Waals surface area (Å²) in [5.41, 5.74) is 1.87. The van der Waals surface area contributed by atoms with Crippen molar-refractivity contribution in [3.05, 3.63) is 29.6 Å². The fourth-order valence-corrected chi connectivity index (χ4v) is 1.95. The van der Waals surface area contributed by atoms with Crippen LogP contribution in [0.4, 0.5) is 13.6 Å². The Kier molecular flexibility index (Phi) is 4.17. The minimum atomic E-state index is -3.01. The zero-order valence-corrected chi connectivity index (χ0v) is 11.4. The molecule has 1 fully saturated rings. The molecule has 1 unspecified atom stereocenters. The van der Waals surface area contributed by atoms with Gasteiger partial charge in [0.25, 0.3) is 5.92 Å². The second-order valence-electron chi connectivity index (χ2n) is 4.94. The number of amides is 2. The first-order valence-electron chi connectivity index (χ1n) is 6.27. The molecule has 1 aromatic rings. The average molecular weight is 285 g/mol. The molecule has 20 heavy (non-hydrogen) atoms. The summed E-state index contributed by atoms with van der Waals surface area (Å²) in [6, 6.07) is -0.0146. The van der Waals surface area contributed by atoms with Gasteiger partial charge in [0.15, 0.2) is 0 Å². The predicted octanol–water partition coefficient (Wildman–Crippen LogP) is 1.57. The second kappa shape index (κ2) is 5.70. The minimum absolute atomic E-state index is 0.166. The number of aryl methyl sites for hydroxylation is 1. The number of urea groups is 1. The molecule has 1 N–H and O–H groups in total. The Morgan fingerprint density at radius 3 is 3.00 bits per heavy atom. The normalized spacial score (nSPS) is 20.7. The van der Waals surface area contributed by atoms with Gasteiger partial charge in [0.2, 0.25) is 0 Å². The van der Waals surface area contributed by atoms with Gasteiger partial charge in [0.05, 0.1) is 6.61 Å². The van der Waals surface area contributed by atoms with Crippen LogP contribution >= 0.6 is 0 Å². The molecule has 0 radical (unpaired) electrons. The van der Waals surface area contributed by atoms with E-state index in [1.54, 1.807) is 25.5 Å². The van der Waals surface area contributed by atoms with Crippen molar-refractivity contribution in [1.29, 1.82) is 0 Å². The SMILES string of the molecule is Cc1cnccc1CN(C)C(=O)NC1COCC1(F)F. The van der Waals surface area contributed by atoms with E-state index in [0.29, 0.717) is 6.54 Å². The average Bonchev–Trinajstić information content (AvgIpc) is 2.71. The molecule has 0 saturated carbocycles. The summed E-state index contributed by atoms with van der Waals surface area (Å²) in [4.78, 5) is 17.2. The summed E-state index contributed by atoms with van der Waals surface area (Å²) < 4.78 is 31.4. The van der Waals surface area contributed by atoms with Crippen molar-refractivity contribution in [2.45, 2.75) is 25.4 Å². The number of carbonyl (C=O) groups excluding carboxylic acids is 1. The maximum absolute atomic E-state index is 13.4. The van der Waals surface area contributed by atoms with Crippen molar-refractivity contribution < 1.29 is 18.3 Å². The van der Waals surface area contributed by atoms with Gasteiger partial charge in [-0.1, -0.05) is 0 Å². The van der Waals surface area contributed by atoms with Crippen molar-refractivity contribution >= 4 is 6.03 Å². The Morgan fingerprint density at radius 2 is 2.40 bits per heavy atom. The highest BCUT2D eigenvalue weighted by Gasteiger charge is 2.46. The standard InChI is InChI=1S/C13H17F2N3O2/c1-9-5-16-4-3-10(9)6-18(2)12(19)17-11-7-20-8-13(11,14)15/h3-5,11H,6-8H2,1-2H3,(H,17,19). The number of alkyl halides is 2. The predicted molar refractivity (Wildman–Crippen MR) is 68.5 cm³/mol. The van der Waals surface area contributed by atoms with E-state index in [0.717, 1.165) is 11.1 Å². The summed E-state index contributed by atoms with van der Waals surface area (Å²) >= 11 is 0. The van der Waals surface area contributed by atoms with Crippen molar-refractivity contribution in [3.8, 4) is 0 Å². The van der Waals surface area contributed by atoms with Crippen LogP contribution in [0, 0.1) is 6.92 Å². The smallest absolute Gasteiger partial charge is 0.317 e. The molecule has 0 aliphatic carbocycles. The summed E-state index contributed by atoms with van der Waals surface area (Å²) in [5, 5.41) is 2.30. The third-order valence-corrected chi connectivity index (χ3v) is 3.28. The lowest BCUT2D eigenvalue weighted by Gasteiger charge is -2.23. The van der Waals surface area contributed by atoms with Crippen molar-refractivity contribution in [1.82, 2.24) is 15.2 Å². The second-order valence-corrected chi connectivity index (χ2v) is 4.94. The third kappa shape index (κ3) is 3.22. The zero-order valence-electron chi connectivity index (χ0n) is 11.4. The number of carbonyl (C=O) groups is 1. The maximum Gasteiger partial charge on any atom is 0.317 e. The van der Waals surface area contributed by atoms with Gasteiger partial charge in [0.1, 0.15) is 12.6 Å². The topological polar surface area (TPSA) is 54.5 Å². The molecule has 2 amide bonds. The van der Waals surface area contributed by atoms with Crippen LogP contribution in [-0.2, 0) is 11.3 Å². The molecule has 5 nitrogen and oxygen atoms in total. The Hall–Kier alpha value is -1.76. The fourth-order valence-electron chi connectivity index (χ4n) is 1.95. The Balaban J connectivity index is 1.94. The van der Waals surface area contributed by atoms with Gasteiger partial charge in [-0.15, -0.1) is 0 Å². The van der Waals surface area contributed by atoms with E-state index in [1.807, 2.05) is 6.92 Å². The lowest BCUT2D eigenvalue weighted by Crippen LogP contribution is -2.50. The van der Waals surface area contributed by atoms with Crippen LogP contribution in [0.25, 0.3) is 0 Å². The Bertz CT molecular complexity index is 496. The molecule has 0 spiro atoms. The van der Waals surface area contributed by atoms with Crippen molar-refractivity contribution in [3.63, 3.8) is 0 Å². The Morgan fingerprint density at radius 1 is 1.65 bits per heavy atom. The number of halogens is 2. The number of nitrogens with zero attached hydrogens (tertiary/aromatic N) is 2. The molecule has 110 valence electrons. The number of hydrogen-bond donors (Lipinski definition) is 1. The van der Waals surface area contributed by atoms with Crippen LogP contribution in [0.5, 0.6) is 0 Å². The van der Waals surface area contributed by atoms with Gasteiger partial charge >= 0.3 is 6.03 Å². The molecule has 1 aromatic heterocycles. The number of ether oxygens (including phenoxy) is 1. The molecule has 0 bridgehead atoms. The van der Waals surface area contributed by atoms with Gasteiger partial charge in [0, 0.05) is 26.0 Å². The molecule has 1 aliphatic rings. The molecule has 0 aromatic carbocycles.